The molecular weight excluding hydrogens is 378 g/mol. The number of anilines is 1. The van der Waals surface area contributed by atoms with Crippen LogP contribution in [-0.4, -0.2) is 15.5 Å². The summed E-state index contributed by atoms with van der Waals surface area (Å²) in [5, 5.41) is 2.79. The van der Waals surface area contributed by atoms with Crippen LogP contribution < -0.4 is 5.32 Å². The van der Waals surface area contributed by atoms with Crippen LogP contribution in [0.15, 0.2) is 36.4 Å². The number of carbonyl (C=O) groups is 1. The monoisotopic (exact) mass is 387 g/mol. The fourth-order valence-electron chi connectivity index (χ4n) is 2.47. The number of imidazole rings is 1. The lowest BCUT2D eigenvalue weighted by atomic mass is 10.2. The van der Waals surface area contributed by atoms with Crippen molar-refractivity contribution in [2.24, 2.45) is 7.05 Å². The lowest BCUT2D eigenvalue weighted by molar-refractivity contribution is -0.146. The van der Waals surface area contributed by atoms with Crippen molar-refractivity contribution in [2.75, 3.05) is 5.32 Å². The van der Waals surface area contributed by atoms with Crippen LogP contribution in [0.3, 0.4) is 0 Å². The van der Waals surface area contributed by atoms with Crippen LogP contribution in [0.5, 0.6) is 0 Å². The Bertz CT molecular complexity index is 962. The van der Waals surface area contributed by atoms with Gasteiger partial charge in [0.25, 0.3) is 5.91 Å². The first kappa shape index (κ1) is 17.6. The molecule has 2 aromatic carbocycles. The Balaban J connectivity index is 2.07. The predicted octanol–water partition coefficient (Wildman–Crippen LogP) is 5.15. The third-order valence-electron chi connectivity index (χ3n) is 3.60. The molecule has 3 rings (SSSR count). The zero-order valence-electron chi connectivity index (χ0n) is 12.7. The van der Waals surface area contributed by atoms with Gasteiger partial charge in [-0.1, -0.05) is 35.3 Å². The lowest BCUT2D eigenvalue weighted by Gasteiger charge is -2.09. The van der Waals surface area contributed by atoms with Crippen molar-refractivity contribution >= 4 is 45.8 Å². The number of aryl methyl sites for hydroxylation is 1. The van der Waals surface area contributed by atoms with Crippen LogP contribution in [0.2, 0.25) is 10.0 Å². The molecule has 1 N–H and O–H groups in total. The molecule has 3 aromatic rings. The molecule has 1 aromatic heterocycles. The van der Waals surface area contributed by atoms with Crippen LogP contribution >= 0.6 is 23.2 Å². The van der Waals surface area contributed by atoms with Crippen LogP contribution in [0.4, 0.5) is 18.9 Å². The van der Waals surface area contributed by atoms with Crippen LogP contribution in [0.25, 0.3) is 11.0 Å². The van der Waals surface area contributed by atoms with Gasteiger partial charge < -0.3 is 9.88 Å². The fraction of sp³-hybridized carbons (Fsp3) is 0.125. The molecule has 0 unspecified atom stereocenters. The molecule has 0 saturated heterocycles. The van der Waals surface area contributed by atoms with Gasteiger partial charge in [-0.05, 0) is 24.3 Å². The minimum absolute atomic E-state index is 0.0221. The largest absolute Gasteiger partial charge is 0.449 e. The normalized spacial score (nSPS) is 11.8. The number of rotatable bonds is 2. The van der Waals surface area contributed by atoms with Gasteiger partial charge in [0, 0.05) is 7.05 Å². The van der Waals surface area contributed by atoms with E-state index in [-0.39, 0.29) is 32.3 Å². The molecule has 1 heterocycles. The van der Waals surface area contributed by atoms with Gasteiger partial charge in [-0.15, -0.1) is 0 Å². The highest BCUT2D eigenvalue weighted by Gasteiger charge is 2.37. The van der Waals surface area contributed by atoms with E-state index in [9.17, 15) is 18.0 Å². The quantitative estimate of drug-likeness (QED) is 0.660. The first-order valence-electron chi connectivity index (χ1n) is 6.98. The first-order valence-corrected chi connectivity index (χ1v) is 7.73. The second-order valence-electron chi connectivity index (χ2n) is 5.22. The summed E-state index contributed by atoms with van der Waals surface area (Å²) in [4.78, 5) is 16.1. The second kappa shape index (κ2) is 6.24. The van der Waals surface area contributed by atoms with Crippen LogP contribution in [0, 0.1) is 0 Å². The maximum atomic E-state index is 13.0. The molecule has 0 spiro atoms. The Labute approximate surface area is 150 Å². The molecule has 0 radical (unpaired) electrons. The zero-order chi connectivity index (χ0) is 18.4. The van der Waals surface area contributed by atoms with E-state index in [1.165, 1.54) is 37.4 Å². The Morgan fingerprint density at radius 2 is 1.72 bits per heavy atom. The minimum Gasteiger partial charge on any atom is -0.323 e. The zero-order valence-corrected chi connectivity index (χ0v) is 14.2. The molecule has 1 amide bonds. The SMILES string of the molecule is Cn1c(C(F)(F)F)nc2c(NC(=O)c3c(Cl)cccc3Cl)cccc21. The summed E-state index contributed by atoms with van der Waals surface area (Å²) in [6.07, 6.45) is -4.61. The topological polar surface area (TPSA) is 46.9 Å². The third-order valence-corrected chi connectivity index (χ3v) is 4.23. The van der Waals surface area contributed by atoms with Gasteiger partial charge in [0.05, 0.1) is 26.8 Å². The Morgan fingerprint density at radius 1 is 1.12 bits per heavy atom. The van der Waals surface area contributed by atoms with E-state index in [1.807, 2.05) is 0 Å². The molecular formula is C16H10Cl2F3N3O. The molecule has 0 bridgehead atoms. The van der Waals surface area contributed by atoms with Gasteiger partial charge in [-0.2, -0.15) is 13.2 Å². The highest BCUT2D eigenvalue weighted by atomic mass is 35.5. The van der Waals surface area contributed by atoms with E-state index in [1.54, 1.807) is 6.07 Å². The minimum atomic E-state index is -4.61. The van der Waals surface area contributed by atoms with Gasteiger partial charge in [-0.25, -0.2) is 4.98 Å². The summed E-state index contributed by atoms with van der Waals surface area (Å²) < 4.78 is 40.1. The molecule has 0 atom stereocenters. The number of hydrogen-bond donors (Lipinski definition) is 1. The molecule has 0 fully saturated rings. The first-order chi connectivity index (χ1) is 11.7. The number of para-hydroxylation sites is 1. The van der Waals surface area contributed by atoms with Crippen molar-refractivity contribution in [3.8, 4) is 0 Å². The van der Waals surface area contributed by atoms with Crippen molar-refractivity contribution in [1.82, 2.24) is 9.55 Å². The molecule has 0 aliphatic rings. The molecule has 9 heteroatoms. The smallest absolute Gasteiger partial charge is 0.323 e. The number of halogens is 5. The summed E-state index contributed by atoms with van der Waals surface area (Å²) in [5.41, 5.74) is 0.420. The molecule has 130 valence electrons. The Kier molecular flexibility index (Phi) is 4.38. The van der Waals surface area contributed by atoms with Crippen LogP contribution in [-0.2, 0) is 13.2 Å². The van der Waals surface area contributed by atoms with Gasteiger partial charge >= 0.3 is 6.18 Å². The van der Waals surface area contributed by atoms with E-state index in [0.717, 1.165) is 4.57 Å². The van der Waals surface area contributed by atoms with Crippen LogP contribution in [0.1, 0.15) is 16.2 Å². The summed E-state index contributed by atoms with van der Waals surface area (Å²) >= 11 is 12.0. The fourth-order valence-corrected chi connectivity index (χ4v) is 3.04. The number of amides is 1. The van der Waals surface area contributed by atoms with Gasteiger partial charge in [0.2, 0.25) is 5.82 Å². The Hall–Kier alpha value is -2.25. The number of aromatic nitrogens is 2. The molecule has 0 saturated carbocycles. The van der Waals surface area contributed by atoms with Gasteiger partial charge in [0.15, 0.2) is 0 Å². The Morgan fingerprint density at radius 3 is 2.32 bits per heavy atom. The standard InChI is InChI=1S/C16H10Cl2F3N3O/c1-24-11-7-3-6-10(13(11)23-15(24)16(19,20)21)22-14(25)12-8(17)4-2-5-9(12)18/h2-7H,1H3,(H,22,25). The number of benzene rings is 2. The average Bonchev–Trinajstić information content (AvgIpc) is 2.86. The average molecular weight is 388 g/mol. The number of alkyl halides is 3. The van der Waals surface area contributed by atoms with E-state index in [2.05, 4.69) is 10.3 Å². The lowest BCUT2D eigenvalue weighted by Crippen LogP contribution is -2.13. The van der Waals surface area contributed by atoms with Crippen molar-refractivity contribution in [3.63, 3.8) is 0 Å². The summed E-state index contributed by atoms with van der Waals surface area (Å²) in [6, 6.07) is 9.02. The van der Waals surface area contributed by atoms with E-state index < -0.39 is 17.9 Å². The number of carbonyl (C=O) groups excluding carboxylic acids is 1. The molecule has 4 nitrogen and oxygen atoms in total. The van der Waals surface area contributed by atoms with E-state index >= 15 is 0 Å². The van der Waals surface area contributed by atoms with E-state index in [0.29, 0.717) is 0 Å². The van der Waals surface area contributed by atoms with Crippen molar-refractivity contribution in [1.29, 1.82) is 0 Å². The second-order valence-corrected chi connectivity index (χ2v) is 6.03. The molecule has 0 aliphatic heterocycles. The number of hydrogen-bond acceptors (Lipinski definition) is 2. The maximum Gasteiger partial charge on any atom is 0.449 e. The van der Waals surface area contributed by atoms with Gasteiger partial charge in [0.1, 0.15) is 5.52 Å². The summed E-state index contributed by atoms with van der Waals surface area (Å²) in [6.45, 7) is 0. The predicted molar refractivity (Wildman–Crippen MR) is 90.1 cm³/mol. The van der Waals surface area contributed by atoms with Crippen molar-refractivity contribution < 1.29 is 18.0 Å². The number of nitrogens with one attached hydrogen (secondary N) is 1. The molecule has 25 heavy (non-hydrogen) atoms. The highest BCUT2D eigenvalue weighted by molar-refractivity contribution is 6.40. The highest BCUT2D eigenvalue weighted by Crippen LogP contribution is 2.33. The number of fused-ring (bicyclic) bond motifs is 1. The maximum absolute atomic E-state index is 13.0. The summed E-state index contributed by atoms with van der Waals surface area (Å²) in [7, 11) is 1.26. The number of nitrogens with zero attached hydrogens (tertiary/aromatic N) is 2. The molecule has 0 aliphatic carbocycles. The van der Waals surface area contributed by atoms with Crippen molar-refractivity contribution in [3.05, 3.63) is 57.8 Å². The van der Waals surface area contributed by atoms with E-state index in [4.69, 9.17) is 23.2 Å². The summed E-state index contributed by atoms with van der Waals surface area (Å²) in [5.74, 6) is -1.69. The van der Waals surface area contributed by atoms with Gasteiger partial charge in [-0.3, -0.25) is 4.79 Å². The van der Waals surface area contributed by atoms with Crippen molar-refractivity contribution in [2.45, 2.75) is 6.18 Å². The third kappa shape index (κ3) is 3.17.